The van der Waals surface area contributed by atoms with Crippen LogP contribution in [0.2, 0.25) is 0 Å². The Morgan fingerprint density at radius 2 is 0.278 bits per heavy atom. The van der Waals surface area contributed by atoms with E-state index in [-0.39, 0.29) is 36.9 Å². The van der Waals surface area contributed by atoms with Crippen molar-refractivity contribution in [2.75, 3.05) is 0 Å². The first kappa shape index (κ1) is 116. The maximum absolute atomic E-state index is 6.25. The maximum Gasteiger partial charge on any atom is 0 e. The predicted octanol–water partition coefficient (Wildman–Crippen LogP) is 0.766. The second-order valence-electron chi connectivity index (χ2n) is 0. The van der Waals surface area contributed by atoms with E-state index in [1.807, 2.05) is 0 Å². The minimum atomic E-state index is 0. The Morgan fingerprint density at radius 1 is 0.278 bits per heavy atom. The average molecular weight is 373 g/mol. The van der Waals surface area contributed by atoms with Gasteiger partial charge in [-0.25, -0.2) is 0 Å². The van der Waals surface area contributed by atoms with Gasteiger partial charge in [0.15, 0.2) is 0 Å². The van der Waals surface area contributed by atoms with Crippen LogP contribution in [0.5, 0.6) is 0 Å². The van der Waals surface area contributed by atoms with Crippen LogP contribution in [0.1, 0.15) is 0 Å². The molecule has 0 aromatic heterocycles. The van der Waals surface area contributed by atoms with E-state index in [2.05, 4.69) is 0 Å². The number of hydrogen-bond donors (Lipinski definition) is 0. The number of nitrogens with zero attached hydrogens (tertiary/aromatic N) is 8. The van der Waals surface area contributed by atoms with E-state index in [1.54, 1.807) is 0 Å². The van der Waals surface area contributed by atoms with Crippen molar-refractivity contribution in [2.45, 2.75) is 0 Å². The van der Waals surface area contributed by atoms with E-state index in [1.165, 1.54) is 0 Å². The van der Waals surface area contributed by atoms with Gasteiger partial charge in [0.2, 0.25) is 0 Å². The van der Waals surface area contributed by atoms with Gasteiger partial charge in [0.25, 0.3) is 0 Å². The molecule has 0 aliphatic heterocycles. The van der Waals surface area contributed by atoms with Gasteiger partial charge in [-0.1, -0.05) is 0 Å². The third kappa shape index (κ3) is 223. The molecule has 0 unspecified atom stereocenters. The van der Waals surface area contributed by atoms with Crippen LogP contribution in [0.25, 0.3) is 0 Å². The Kier molecular flexibility index (Phi) is 1810. The minimum absolute atomic E-state index is 0. The minimum Gasteiger partial charge on any atom is -0.512 e. The van der Waals surface area contributed by atoms with Gasteiger partial charge in [-0.05, 0) is 0 Å². The van der Waals surface area contributed by atoms with Crippen molar-refractivity contribution in [3.05, 3.63) is 52.6 Å². The van der Waals surface area contributed by atoms with Crippen LogP contribution >= 0.6 is 0 Å². The van der Waals surface area contributed by atoms with Crippen LogP contribution in [0.4, 0.5) is 0 Å². The van der Waals surface area contributed by atoms with Crippen molar-refractivity contribution in [1.29, 1.82) is 42.1 Å². The molecule has 0 aliphatic rings. The molecular formula is C8N8NiPd-8. The van der Waals surface area contributed by atoms with Gasteiger partial charge in [0, 0.05) is 36.9 Å². The molecule has 0 radical (unpaired) electrons. The van der Waals surface area contributed by atoms with Gasteiger partial charge in [-0.3, -0.25) is 0 Å². The Labute approximate surface area is 131 Å². The second-order valence-corrected chi connectivity index (χ2v) is 0. The topological polar surface area (TPSA) is 190 Å². The van der Waals surface area contributed by atoms with Gasteiger partial charge < -0.3 is 94.7 Å². The van der Waals surface area contributed by atoms with Gasteiger partial charge in [0.05, 0.1) is 0 Å². The predicted molar refractivity (Wildman–Crippen MR) is 39.7 cm³/mol. The average Bonchev–Trinajstić information content (AvgIpc) is 2.54. The molecule has 0 saturated heterocycles. The second kappa shape index (κ2) is 281. The summed E-state index contributed by atoms with van der Waals surface area (Å²) in [5.74, 6) is 0. The van der Waals surface area contributed by atoms with E-state index < -0.39 is 0 Å². The van der Waals surface area contributed by atoms with Crippen LogP contribution < -0.4 is 0 Å². The maximum atomic E-state index is 6.25. The Morgan fingerprint density at radius 3 is 0.278 bits per heavy atom. The van der Waals surface area contributed by atoms with Crippen molar-refractivity contribution < 1.29 is 36.9 Å². The summed E-state index contributed by atoms with van der Waals surface area (Å²) in [6.07, 6.45) is 0. The van der Waals surface area contributed by atoms with E-state index in [4.69, 9.17) is 94.7 Å². The van der Waals surface area contributed by atoms with E-state index in [0.29, 0.717) is 0 Å². The monoisotopic (exact) mass is 372 g/mol. The molecule has 0 amide bonds. The van der Waals surface area contributed by atoms with Crippen molar-refractivity contribution in [3.8, 4) is 0 Å². The molecule has 0 bridgehead atoms. The molecule has 0 N–H and O–H groups in total. The van der Waals surface area contributed by atoms with Crippen LogP contribution in [-0.4, -0.2) is 0 Å². The molecule has 0 aromatic carbocycles. The van der Waals surface area contributed by atoms with Crippen molar-refractivity contribution in [1.82, 2.24) is 0 Å². The SMILES string of the molecule is [C-]#N.[C-]#N.[C-]#N.[C-]#N.[C-]#N.[C-]#N.[C-]#N.[C-]#N.[Ni].[Pd]. The first-order chi connectivity index (χ1) is 8.00. The summed E-state index contributed by atoms with van der Waals surface area (Å²) in [5.41, 5.74) is 0. The van der Waals surface area contributed by atoms with Gasteiger partial charge in [-0.15, -0.1) is 0 Å². The molecule has 0 rings (SSSR count). The van der Waals surface area contributed by atoms with Crippen molar-refractivity contribution in [3.63, 3.8) is 0 Å². The molecule has 0 aliphatic carbocycles. The summed E-state index contributed by atoms with van der Waals surface area (Å²) in [5, 5.41) is 50.0. The molecule has 0 heterocycles. The molecule has 8 nitrogen and oxygen atoms in total. The largest absolute Gasteiger partial charge is 0.512 e. The fourth-order valence-electron chi connectivity index (χ4n) is 0. The third-order valence-electron chi connectivity index (χ3n) is 0. The third-order valence-corrected chi connectivity index (χ3v) is 0. The Hall–Kier alpha value is -2.92. The van der Waals surface area contributed by atoms with Crippen LogP contribution in [0.15, 0.2) is 0 Å². The van der Waals surface area contributed by atoms with E-state index in [0.717, 1.165) is 0 Å². The molecule has 100 valence electrons. The Bertz CT molecular complexity index is 137. The summed E-state index contributed by atoms with van der Waals surface area (Å²) in [7, 11) is 0. The van der Waals surface area contributed by atoms with Crippen LogP contribution in [0.3, 0.4) is 0 Å². The standard InChI is InChI=1S/8CN.Ni.Pd/c8*1-2;;/q8*-1;;. The summed E-state index contributed by atoms with van der Waals surface area (Å²) < 4.78 is 0. The zero-order chi connectivity index (χ0) is 16.0. The molecule has 0 atom stereocenters. The molecule has 0 saturated carbocycles. The zero-order valence-corrected chi connectivity index (χ0v) is 10.8. The Balaban J connectivity index is -0.00000000500. The molecule has 0 spiro atoms. The molecule has 0 aromatic rings. The molecular weight excluding hydrogens is 373 g/mol. The smallest absolute Gasteiger partial charge is 0 e. The molecule has 18 heavy (non-hydrogen) atoms. The van der Waals surface area contributed by atoms with Gasteiger partial charge in [-0.2, -0.15) is 0 Å². The summed E-state index contributed by atoms with van der Waals surface area (Å²) >= 11 is 0. The number of hydrogen-bond acceptors (Lipinski definition) is 8. The summed E-state index contributed by atoms with van der Waals surface area (Å²) in [6, 6.07) is 0. The normalized spacial score (nSPS) is 0.889. The summed E-state index contributed by atoms with van der Waals surface area (Å²) in [6.45, 7) is 38.0. The summed E-state index contributed by atoms with van der Waals surface area (Å²) in [4.78, 5) is 0. The van der Waals surface area contributed by atoms with Gasteiger partial charge in [0.1, 0.15) is 0 Å². The number of rotatable bonds is 0. The van der Waals surface area contributed by atoms with Crippen LogP contribution in [-0.2, 0) is 36.9 Å². The first-order valence-corrected chi connectivity index (χ1v) is 1.79. The van der Waals surface area contributed by atoms with Crippen molar-refractivity contribution in [2.24, 2.45) is 0 Å². The van der Waals surface area contributed by atoms with E-state index >= 15 is 0 Å². The molecule has 0 fully saturated rings. The quantitative estimate of drug-likeness (QED) is 0.439. The van der Waals surface area contributed by atoms with Crippen molar-refractivity contribution >= 4 is 0 Å². The zero-order valence-electron chi connectivity index (χ0n) is 8.21. The van der Waals surface area contributed by atoms with Crippen LogP contribution in [0, 0.1) is 94.7 Å². The fourth-order valence-corrected chi connectivity index (χ4v) is 0. The first-order valence-electron chi connectivity index (χ1n) is 1.79. The van der Waals surface area contributed by atoms with E-state index in [9.17, 15) is 0 Å². The fraction of sp³-hybridized carbons (Fsp3) is 0. The van der Waals surface area contributed by atoms with Gasteiger partial charge >= 0.3 is 0 Å². The molecule has 10 heteroatoms.